The topological polar surface area (TPSA) is 37.4 Å². The molecule has 0 rings (SSSR count). The van der Waals surface area contributed by atoms with Crippen molar-refractivity contribution in [3.05, 3.63) is 0 Å². The van der Waals surface area contributed by atoms with Gasteiger partial charge in [-0.1, -0.05) is 91.9 Å². The van der Waals surface area contributed by atoms with Crippen molar-refractivity contribution in [3.8, 4) is 0 Å². The molecule has 0 saturated heterocycles. The molecule has 146 valence electrons. The number of thiol groups is 1. The van der Waals surface area contributed by atoms with Gasteiger partial charge in [0.1, 0.15) is 0 Å². The Hall–Kier alpha value is -0.0900. The number of hydrogen-bond donors (Lipinski definition) is 1. The van der Waals surface area contributed by atoms with Crippen LogP contribution in [0.1, 0.15) is 105 Å². The van der Waals surface area contributed by atoms with Crippen molar-refractivity contribution < 1.29 is 8.42 Å². The van der Waals surface area contributed by atoms with E-state index in [1.165, 1.54) is 51.4 Å². The Morgan fingerprint density at radius 3 is 1.25 bits per heavy atom. The summed E-state index contributed by atoms with van der Waals surface area (Å²) in [4.78, 5) is 0. The molecule has 0 fully saturated rings. The number of hydrogen-bond acceptors (Lipinski definition) is 2. The Morgan fingerprint density at radius 1 is 0.583 bits per heavy atom. The molecule has 3 nitrogen and oxygen atoms in total. The van der Waals surface area contributed by atoms with Gasteiger partial charge in [0.15, 0.2) is 0 Å². The molecule has 0 atom stereocenters. The smallest absolute Gasteiger partial charge is 0.203 e. The first-order chi connectivity index (χ1) is 11.4. The summed E-state index contributed by atoms with van der Waals surface area (Å²) >= 11 is 0. The highest BCUT2D eigenvalue weighted by Crippen LogP contribution is 2.12. The van der Waals surface area contributed by atoms with E-state index in [1.54, 1.807) is 4.31 Å². The molecule has 0 aromatic carbocycles. The van der Waals surface area contributed by atoms with Crippen LogP contribution >= 0.6 is 0 Å². The Balaban J connectivity index is 3.57. The Morgan fingerprint density at radius 2 is 0.917 bits per heavy atom. The summed E-state index contributed by atoms with van der Waals surface area (Å²) in [5.74, 6) is 1.60. The van der Waals surface area contributed by atoms with Crippen molar-refractivity contribution in [2.75, 3.05) is 13.1 Å². The molecule has 4 heteroatoms. The molecule has 0 aliphatic heterocycles. The molecule has 0 radical (unpaired) electrons. The highest BCUT2D eigenvalue weighted by atomic mass is 32.2. The molecule has 0 bridgehead atoms. The molecule has 0 N–H and O–H groups in total. The van der Waals surface area contributed by atoms with Crippen molar-refractivity contribution >= 4 is 10.9 Å². The molecule has 0 aliphatic rings. The van der Waals surface area contributed by atoms with Crippen molar-refractivity contribution in [1.29, 1.82) is 0 Å². The molecule has 24 heavy (non-hydrogen) atoms. The van der Waals surface area contributed by atoms with Crippen LogP contribution in [0.3, 0.4) is 0 Å². The van der Waals surface area contributed by atoms with Gasteiger partial charge in [-0.2, -0.15) is 0 Å². The number of nitrogens with zero attached hydrogens (tertiary/aromatic N) is 1. The van der Waals surface area contributed by atoms with Crippen LogP contribution in [0.15, 0.2) is 0 Å². The quantitative estimate of drug-likeness (QED) is 0.262. The first-order valence-corrected chi connectivity index (χ1v) is 11.5. The van der Waals surface area contributed by atoms with Gasteiger partial charge >= 0.3 is 0 Å². The molecule has 0 aromatic rings. The minimum atomic E-state index is -2.40. The van der Waals surface area contributed by atoms with E-state index in [9.17, 15) is 8.42 Å². The highest BCUT2D eigenvalue weighted by Gasteiger charge is 2.06. The van der Waals surface area contributed by atoms with E-state index >= 15 is 0 Å². The summed E-state index contributed by atoms with van der Waals surface area (Å²) in [6.07, 6.45) is 14.7. The van der Waals surface area contributed by atoms with Gasteiger partial charge < -0.3 is 0 Å². The third-order valence-electron chi connectivity index (χ3n) is 4.63. The van der Waals surface area contributed by atoms with E-state index in [0.29, 0.717) is 0 Å². The van der Waals surface area contributed by atoms with Crippen LogP contribution in [-0.4, -0.2) is 25.8 Å². The van der Waals surface area contributed by atoms with E-state index in [2.05, 4.69) is 27.7 Å². The lowest BCUT2D eigenvalue weighted by atomic mass is 10.0. The standard InChI is InChI=1S/C20H43NO2S/c1-19(2)15-11-7-5-9-13-17-21(24(22)23)18-14-10-6-8-12-16-20(3)4/h19-20,24H,5-18H2,1-4H3. The monoisotopic (exact) mass is 361 g/mol. The molecule has 0 saturated carbocycles. The third kappa shape index (κ3) is 16.8. The van der Waals surface area contributed by atoms with Crippen molar-refractivity contribution in [2.24, 2.45) is 11.8 Å². The summed E-state index contributed by atoms with van der Waals surface area (Å²) in [6.45, 7) is 10.5. The van der Waals surface area contributed by atoms with Crippen molar-refractivity contribution in [2.45, 2.75) is 105 Å². The molecule has 0 unspecified atom stereocenters. The summed E-state index contributed by atoms with van der Waals surface area (Å²) in [5.41, 5.74) is 0. The maximum Gasteiger partial charge on any atom is 0.203 e. The second kappa shape index (κ2) is 16.4. The molecule has 0 amide bonds. The van der Waals surface area contributed by atoms with E-state index < -0.39 is 10.9 Å². The molecular formula is C20H43NO2S. The second-order valence-electron chi connectivity index (χ2n) is 8.09. The number of rotatable bonds is 17. The Bertz CT molecular complexity index is 311. The fraction of sp³-hybridized carbons (Fsp3) is 1.00. The van der Waals surface area contributed by atoms with Crippen LogP contribution < -0.4 is 0 Å². The summed E-state index contributed by atoms with van der Waals surface area (Å²) in [5, 5.41) is 0. The van der Waals surface area contributed by atoms with Gasteiger partial charge in [0.25, 0.3) is 0 Å². The van der Waals surface area contributed by atoms with Crippen LogP contribution in [0.4, 0.5) is 0 Å². The average Bonchev–Trinajstić information content (AvgIpc) is 2.50. The van der Waals surface area contributed by atoms with E-state index in [1.807, 2.05) is 0 Å². The average molecular weight is 362 g/mol. The van der Waals surface area contributed by atoms with Crippen LogP contribution in [0.2, 0.25) is 0 Å². The van der Waals surface area contributed by atoms with Gasteiger partial charge in [0.05, 0.1) is 0 Å². The van der Waals surface area contributed by atoms with Gasteiger partial charge in [-0.25, -0.2) is 12.7 Å². The van der Waals surface area contributed by atoms with Crippen LogP contribution in [0.5, 0.6) is 0 Å². The lowest BCUT2D eigenvalue weighted by Gasteiger charge is -2.15. The van der Waals surface area contributed by atoms with Crippen molar-refractivity contribution in [1.82, 2.24) is 4.31 Å². The first-order valence-electron chi connectivity index (χ1n) is 10.3. The Labute approximate surface area is 153 Å². The predicted octanol–water partition coefficient (Wildman–Crippen LogP) is 5.81. The van der Waals surface area contributed by atoms with Gasteiger partial charge in [0.2, 0.25) is 10.9 Å². The molecule has 0 spiro atoms. The maximum atomic E-state index is 11.3. The summed E-state index contributed by atoms with van der Waals surface area (Å²) < 4.78 is 24.4. The zero-order chi connectivity index (χ0) is 18.2. The Kier molecular flexibility index (Phi) is 16.3. The van der Waals surface area contributed by atoms with Crippen LogP contribution in [-0.2, 0) is 10.9 Å². The maximum absolute atomic E-state index is 11.3. The predicted molar refractivity (Wildman–Crippen MR) is 107 cm³/mol. The van der Waals surface area contributed by atoms with Gasteiger partial charge in [-0.05, 0) is 24.7 Å². The second-order valence-corrected chi connectivity index (χ2v) is 9.13. The SMILES string of the molecule is CC(C)CCCCCCCN(CCCCCCCC(C)C)[SH](=O)=O. The molecule has 0 heterocycles. The summed E-state index contributed by atoms with van der Waals surface area (Å²) in [6, 6.07) is 0. The van der Waals surface area contributed by atoms with E-state index in [-0.39, 0.29) is 0 Å². The third-order valence-corrected chi connectivity index (χ3v) is 5.49. The van der Waals surface area contributed by atoms with Gasteiger partial charge in [-0.3, -0.25) is 0 Å². The van der Waals surface area contributed by atoms with E-state index in [4.69, 9.17) is 0 Å². The lowest BCUT2D eigenvalue weighted by molar-refractivity contribution is 0.392. The van der Waals surface area contributed by atoms with Crippen molar-refractivity contribution in [3.63, 3.8) is 0 Å². The normalized spacial score (nSPS) is 12.2. The zero-order valence-electron chi connectivity index (χ0n) is 16.8. The fourth-order valence-electron chi connectivity index (χ4n) is 3.03. The minimum Gasteiger partial charge on any atom is -0.215 e. The van der Waals surface area contributed by atoms with Gasteiger partial charge in [-0.15, -0.1) is 0 Å². The molecular weight excluding hydrogens is 318 g/mol. The first kappa shape index (κ1) is 23.9. The number of unbranched alkanes of at least 4 members (excludes halogenated alkanes) is 8. The largest absolute Gasteiger partial charge is 0.215 e. The zero-order valence-corrected chi connectivity index (χ0v) is 17.7. The lowest BCUT2D eigenvalue weighted by Crippen LogP contribution is -2.24. The van der Waals surface area contributed by atoms with Crippen LogP contribution in [0.25, 0.3) is 0 Å². The molecule has 0 aliphatic carbocycles. The van der Waals surface area contributed by atoms with E-state index in [0.717, 1.165) is 50.6 Å². The highest BCUT2D eigenvalue weighted by molar-refractivity contribution is 7.69. The van der Waals surface area contributed by atoms with Gasteiger partial charge in [0, 0.05) is 13.1 Å². The summed E-state index contributed by atoms with van der Waals surface area (Å²) in [7, 11) is -2.40. The fourth-order valence-corrected chi connectivity index (χ4v) is 3.64. The minimum absolute atomic E-state index is 0.718. The van der Waals surface area contributed by atoms with Crippen LogP contribution in [0, 0.1) is 11.8 Å². The molecule has 0 aromatic heterocycles.